The number of nitrogens with zero attached hydrogens (tertiary/aromatic N) is 5. The second-order valence-electron chi connectivity index (χ2n) is 8.51. The Morgan fingerprint density at radius 2 is 1.71 bits per heavy atom. The summed E-state index contributed by atoms with van der Waals surface area (Å²) in [7, 11) is 2.62. The highest BCUT2D eigenvalue weighted by Gasteiger charge is 2.39. The maximum Gasteiger partial charge on any atom is 0.177 e. The third kappa shape index (κ3) is 3.61. The number of morpholine rings is 1. The molecule has 10 heteroatoms. The molecule has 0 amide bonds. The first kappa shape index (κ1) is 21.6. The summed E-state index contributed by atoms with van der Waals surface area (Å²) >= 11 is 0. The van der Waals surface area contributed by atoms with E-state index in [0.717, 1.165) is 12.0 Å². The largest absolute Gasteiger partial charge is 0.494 e. The Balaban J connectivity index is 1.57. The summed E-state index contributed by atoms with van der Waals surface area (Å²) in [6.07, 6.45) is 6.17. The normalized spacial score (nSPS) is 18.9. The second-order valence-corrected chi connectivity index (χ2v) is 8.51. The Labute approximate surface area is 199 Å². The van der Waals surface area contributed by atoms with Crippen LogP contribution in [0, 0.1) is 11.6 Å². The lowest BCUT2D eigenvalue weighted by atomic mass is 9.98. The fraction of sp³-hybridized carbons (Fsp3) is 0.280. The van der Waals surface area contributed by atoms with Gasteiger partial charge in [-0.2, -0.15) is 0 Å². The van der Waals surface area contributed by atoms with Gasteiger partial charge in [-0.15, -0.1) is 0 Å². The molecule has 3 aliphatic heterocycles. The van der Waals surface area contributed by atoms with Crippen molar-refractivity contribution in [2.75, 3.05) is 32.2 Å². The summed E-state index contributed by atoms with van der Waals surface area (Å²) in [6, 6.07) is 6.43. The monoisotopic (exact) mass is 477 g/mol. The minimum Gasteiger partial charge on any atom is -0.494 e. The van der Waals surface area contributed by atoms with Crippen molar-refractivity contribution in [3.05, 3.63) is 54.5 Å². The van der Waals surface area contributed by atoms with Crippen LogP contribution < -0.4 is 14.4 Å². The third-order valence-corrected chi connectivity index (χ3v) is 6.36. The first-order chi connectivity index (χ1) is 17.1. The Hall–Kier alpha value is -3.92. The highest BCUT2D eigenvalue weighted by molar-refractivity contribution is 5.92. The van der Waals surface area contributed by atoms with Crippen LogP contribution in [0.4, 0.5) is 14.6 Å². The molecule has 3 aromatic heterocycles. The molecule has 0 aliphatic carbocycles. The number of rotatable bonds is 5. The summed E-state index contributed by atoms with van der Waals surface area (Å²) in [4.78, 5) is 20.2. The molecule has 0 N–H and O–H groups in total. The van der Waals surface area contributed by atoms with E-state index in [9.17, 15) is 0 Å². The van der Waals surface area contributed by atoms with Gasteiger partial charge in [0.05, 0.1) is 37.7 Å². The number of pyridine rings is 2. The SMILES string of the molecule is COc1cc(OC)c(F)c(-c2cc3cnc(-c4cccnc4)nc3c(N3CC4CC(C3)O4)n2)c1F. The molecule has 4 aromatic rings. The quantitative estimate of drug-likeness (QED) is 0.426. The van der Waals surface area contributed by atoms with Gasteiger partial charge in [0.15, 0.2) is 34.8 Å². The van der Waals surface area contributed by atoms with Crippen LogP contribution in [0.1, 0.15) is 6.42 Å². The van der Waals surface area contributed by atoms with Crippen molar-refractivity contribution in [2.24, 2.45) is 0 Å². The van der Waals surface area contributed by atoms with E-state index in [1.165, 1.54) is 20.3 Å². The molecule has 2 unspecified atom stereocenters. The van der Waals surface area contributed by atoms with Gasteiger partial charge in [-0.1, -0.05) is 0 Å². The minimum absolute atomic E-state index is 0.0950. The number of hydrogen-bond acceptors (Lipinski definition) is 8. The summed E-state index contributed by atoms with van der Waals surface area (Å²) < 4.78 is 46.7. The molecule has 0 radical (unpaired) electrons. The van der Waals surface area contributed by atoms with Crippen LogP contribution in [0.15, 0.2) is 42.9 Å². The fourth-order valence-corrected chi connectivity index (χ4v) is 4.64. The Kier molecular flexibility index (Phi) is 5.18. The summed E-state index contributed by atoms with van der Waals surface area (Å²) in [6.45, 7) is 1.22. The van der Waals surface area contributed by atoms with Crippen molar-refractivity contribution in [2.45, 2.75) is 18.6 Å². The molecule has 0 spiro atoms. The number of hydrogen-bond donors (Lipinski definition) is 0. The van der Waals surface area contributed by atoms with Crippen LogP contribution in [0.2, 0.25) is 0 Å². The van der Waals surface area contributed by atoms with E-state index in [0.29, 0.717) is 35.6 Å². The molecule has 8 nitrogen and oxygen atoms in total. The fourth-order valence-electron chi connectivity index (χ4n) is 4.64. The molecule has 1 aromatic carbocycles. The standard InChI is InChI=1S/C25H21F2N5O3/c1-33-18-8-19(34-2)22(27)20(21(18)26)17-6-14-10-29-24(13-4-3-5-28-9-13)31-23(14)25(30-17)32-11-15-7-16(12-32)35-15/h3-6,8-10,15-16H,7,11-12H2,1-2H3. The summed E-state index contributed by atoms with van der Waals surface area (Å²) in [5, 5.41) is 0.596. The Morgan fingerprint density at radius 1 is 1.00 bits per heavy atom. The number of fused-ring (bicyclic) bond motifs is 3. The zero-order valence-electron chi connectivity index (χ0n) is 19.0. The van der Waals surface area contributed by atoms with Crippen LogP contribution in [-0.2, 0) is 4.74 Å². The number of piperidine rings is 1. The van der Waals surface area contributed by atoms with Gasteiger partial charge in [-0.05, 0) is 18.2 Å². The van der Waals surface area contributed by atoms with Crippen molar-refractivity contribution in [1.29, 1.82) is 0 Å². The van der Waals surface area contributed by atoms with Crippen LogP contribution in [0.5, 0.6) is 11.5 Å². The summed E-state index contributed by atoms with van der Waals surface area (Å²) in [5.41, 5.74) is 1.10. The van der Waals surface area contributed by atoms with Crippen molar-refractivity contribution < 1.29 is 23.0 Å². The lowest BCUT2D eigenvalue weighted by molar-refractivity contribution is -0.133. The Morgan fingerprint density at radius 3 is 2.34 bits per heavy atom. The van der Waals surface area contributed by atoms with Gasteiger partial charge in [0.25, 0.3) is 0 Å². The van der Waals surface area contributed by atoms with E-state index in [-0.39, 0.29) is 35.0 Å². The average Bonchev–Trinajstić information content (AvgIpc) is 2.88. The number of anilines is 1. The third-order valence-electron chi connectivity index (χ3n) is 6.36. The van der Waals surface area contributed by atoms with Crippen molar-refractivity contribution >= 4 is 16.7 Å². The lowest BCUT2D eigenvalue weighted by Gasteiger charge is -2.47. The molecule has 3 fully saturated rings. The highest BCUT2D eigenvalue weighted by atomic mass is 19.1. The molecule has 3 aliphatic rings. The van der Waals surface area contributed by atoms with Gasteiger partial charge >= 0.3 is 0 Å². The number of methoxy groups -OCH3 is 2. The zero-order valence-corrected chi connectivity index (χ0v) is 19.0. The lowest BCUT2D eigenvalue weighted by Crippen LogP contribution is -2.57. The van der Waals surface area contributed by atoms with Gasteiger partial charge in [-0.25, -0.2) is 23.7 Å². The van der Waals surface area contributed by atoms with Crippen molar-refractivity contribution in [3.63, 3.8) is 0 Å². The van der Waals surface area contributed by atoms with Gasteiger partial charge in [0, 0.05) is 55.1 Å². The van der Waals surface area contributed by atoms with E-state index >= 15 is 8.78 Å². The Bertz CT molecular complexity index is 1390. The molecule has 7 rings (SSSR count). The zero-order chi connectivity index (χ0) is 24.1. The molecule has 2 bridgehead atoms. The minimum atomic E-state index is -0.860. The molecule has 6 heterocycles. The average molecular weight is 477 g/mol. The smallest absolute Gasteiger partial charge is 0.177 e. The maximum atomic E-state index is 15.3. The highest BCUT2D eigenvalue weighted by Crippen LogP contribution is 2.40. The molecule has 0 saturated carbocycles. The summed E-state index contributed by atoms with van der Waals surface area (Å²) in [5.74, 6) is -0.999. The first-order valence-electron chi connectivity index (χ1n) is 11.1. The topological polar surface area (TPSA) is 82.5 Å². The molecular weight excluding hydrogens is 456 g/mol. The van der Waals surface area contributed by atoms with Gasteiger partial charge < -0.3 is 19.1 Å². The predicted octanol–water partition coefficient (Wildman–Crippen LogP) is 4.03. The second kappa shape index (κ2) is 8.38. The number of halogens is 2. The van der Waals surface area contributed by atoms with Crippen molar-refractivity contribution in [3.8, 4) is 34.1 Å². The van der Waals surface area contributed by atoms with Gasteiger partial charge in [0.2, 0.25) is 0 Å². The molecular formula is C25H21F2N5O3. The molecule has 178 valence electrons. The van der Waals surface area contributed by atoms with Crippen molar-refractivity contribution in [1.82, 2.24) is 19.9 Å². The van der Waals surface area contributed by atoms with Crippen LogP contribution in [-0.4, -0.2) is 59.5 Å². The first-order valence-corrected chi connectivity index (χ1v) is 11.1. The van der Waals surface area contributed by atoms with Crippen LogP contribution in [0.25, 0.3) is 33.5 Å². The van der Waals surface area contributed by atoms with Crippen LogP contribution in [0.3, 0.4) is 0 Å². The van der Waals surface area contributed by atoms with Gasteiger partial charge in [0.1, 0.15) is 5.52 Å². The van der Waals surface area contributed by atoms with E-state index in [1.807, 2.05) is 12.1 Å². The predicted molar refractivity (Wildman–Crippen MR) is 125 cm³/mol. The van der Waals surface area contributed by atoms with E-state index < -0.39 is 11.6 Å². The van der Waals surface area contributed by atoms with Crippen LogP contribution >= 0.6 is 0 Å². The molecule has 35 heavy (non-hydrogen) atoms. The van der Waals surface area contributed by atoms with E-state index in [4.69, 9.17) is 24.2 Å². The van der Waals surface area contributed by atoms with E-state index in [1.54, 1.807) is 24.7 Å². The van der Waals surface area contributed by atoms with E-state index in [2.05, 4.69) is 14.9 Å². The number of benzene rings is 1. The number of aromatic nitrogens is 4. The number of ether oxygens (including phenoxy) is 3. The maximum absolute atomic E-state index is 15.3. The van der Waals surface area contributed by atoms with Gasteiger partial charge in [-0.3, -0.25) is 4.98 Å². The molecule has 2 atom stereocenters. The molecule has 3 saturated heterocycles.